The first-order valence-corrected chi connectivity index (χ1v) is 10.9. The zero-order valence-corrected chi connectivity index (χ0v) is 17.1. The maximum atomic E-state index is 4.98. The Morgan fingerprint density at radius 2 is 2.07 bits per heavy atom. The summed E-state index contributed by atoms with van der Waals surface area (Å²) in [5, 5.41) is 1.30. The third kappa shape index (κ3) is 3.55. The molecule has 5 heteroatoms. The minimum atomic E-state index is 0.590. The van der Waals surface area contributed by atoms with Gasteiger partial charge in [-0.05, 0) is 36.6 Å². The molecule has 4 nitrogen and oxygen atoms in total. The van der Waals surface area contributed by atoms with Crippen LogP contribution in [0.3, 0.4) is 0 Å². The fraction of sp³-hybridized carbons (Fsp3) is 0.455. The third-order valence-corrected chi connectivity index (χ3v) is 6.62. The SMILES string of the molecule is Brc1ccc2[nH]cc(CN3CCc4nc(C5CCCCC5)ncc4C3)c2c1. The van der Waals surface area contributed by atoms with Crippen LogP contribution in [0.5, 0.6) is 0 Å². The van der Waals surface area contributed by atoms with E-state index in [1.165, 1.54) is 59.8 Å². The van der Waals surface area contributed by atoms with Crippen LogP contribution in [-0.2, 0) is 19.5 Å². The molecule has 0 unspecified atom stereocenters. The standard InChI is InChI=1S/C22H25BrN4/c23-18-6-7-21-19(10-18)16(11-24-21)13-27-9-8-20-17(14-27)12-25-22(26-20)15-4-2-1-3-5-15/h6-7,10-12,15,24H,1-5,8-9,13-14H2. The Morgan fingerprint density at radius 3 is 2.96 bits per heavy atom. The van der Waals surface area contributed by atoms with Gasteiger partial charge in [-0.3, -0.25) is 4.90 Å². The Hall–Kier alpha value is -1.72. The molecule has 1 saturated carbocycles. The van der Waals surface area contributed by atoms with Crippen LogP contribution in [0.15, 0.2) is 35.1 Å². The predicted octanol–water partition coefficient (Wildman–Crippen LogP) is 5.33. The number of H-pyrrole nitrogens is 1. The van der Waals surface area contributed by atoms with Gasteiger partial charge in [-0.1, -0.05) is 35.2 Å². The molecule has 3 aromatic rings. The fourth-order valence-electron chi connectivity index (χ4n) is 4.60. The normalized spacial score (nSPS) is 18.7. The molecule has 2 aromatic heterocycles. The van der Waals surface area contributed by atoms with Gasteiger partial charge in [-0.25, -0.2) is 9.97 Å². The number of rotatable bonds is 3. The Morgan fingerprint density at radius 1 is 1.19 bits per heavy atom. The summed E-state index contributed by atoms with van der Waals surface area (Å²) in [6, 6.07) is 6.43. The molecule has 0 saturated heterocycles. The second kappa shape index (κ2) is 7.36. The molecule has 1 fully saturated rings. The molecule has 140 valence electrons. The molecular weight excluding hydrogens is 400 g/mol. The summed E-state index contributed by atoms with van der Waals surface area (Å²) in [4.78, 5) is 15.6. The van der Waals surface area contributed by atoms with E-state index in [9.17, 15) is 0 Å². The van der Waals surface area contributed by atoms with Gasteiger partial charge in [0.25, 0.3) is 0 Å². The van der Waals surface area contributed by atoms with Crippen LogP contribution in [0, 0.1) is 0 Å². The molecule has 0 radical (unpaired) electrons. The number of aromatic nitrogens is 3. The molecule has 1 N–H and O–H groups in total. The molecule has 0 amide bonds. The molecule has 5 rings (SSSR count). The van der Waals surface area contributed by atoms with Crippen LogP contribution in [0.1, 0.15) is 60.7 Å². The van der Waals surface area contributed by atoms with Crippen molar-refractivity contribution < 1.29 is 0 Å². The van der Waals surface area contributed by atoms with Gasteiger partial charge in [0, 0.05) is 71.0 Å². The van der Waals surface area contributed by atoms with Gasteiger partial charge in [-0.2, -0.15) is 0 Å². The molecule has 0 spiro atoms. The van der Waals surface area contributed by atoms with Gasteiger partial charge in [0.15, 0.2) is 0 Å². The number of nitrogens with one attached hydrogen (secondary N) is 1. The zero-order chi connectivity index (χ0) is 18.2. The lowest BCUT2D eigenvalue weighted by Crippen LogP contribution is -2.31. The largest absolute Gasteiger partial charge is 0.361 e. The Balaban J connectivity index is 1.32. The minimum Gasteiger partial charge on any atom is -0.361 e. The Bertz CT molecular complexity index is 958. The number of aromatic amines is 1. The number of benzene rings is 1. The summed E-state index contributed by atoms with van der Waals surface area (Å²) in [5.41, 5.74) is 5.14. The van der Waals surface area contributed by atoms with E-state index < -0.39 is 0 Å². The summed E-state index contributed by atoms with van der Waals surface area (Å²) >= 11 is 3.59. The highest BCUT2D eigenvalue weighted by molar-refractivity contribution is 9.10. The summed E-state index contributed by atoms with van der Waals surface area (Å²) in [6.07, 6.45) is 11.9. The van der Waals surface area contributed by atoms with E-state index in [2.05, 4.69) is 56.4 Å². The van der Waals surface area contributed by atoms with E-state index in [1.54, 1.807) is 0 Å². The van der Waals surface area contributed by atoms with Crippen molar-refractivity contribution in [2.24, 2.45) is 0 Å². The highest BCUT2D eigenvalue weighted by atomic mass is 79.9. The molecule has 0 atom stereocenters. The minimum absolute atomic E-state index is 0.590. The maximum absolute atomic E-state index is 4.98. The highest BCUT2D eigenvalue weighted by Crippen LogP contribution is 2.32. The molecule has 1 aliphatic heterocycles. The summed E-state index contributed by atoms with van der Waals surface area (Å²) in [6.45, 7) is 2.97. The number of halogens is 1. The van der Waals surface area contributed by atoms with E-state index in [0.29, 0.717) is 5.92 Å². The number of hydrogen-bond donors (Lipinski definition) is 1. The van der Waals surface area contributed by atoms with Crippen molar-refractivity contribution in [3.63, 3.8) is 0 Å². The fourth-order valence-corrected chi connectivity index (χ4v) is 4.97. The zero-order valence-electron chi connectivity index (χ0n) is 15.5. The van der Waals surface area contributed by atoms with E-state index in [1.807, 2.05) is 0 Å². The van der Waals surface area contributed by atoms with Gasteiger partial charge in [0.1, 0.15) is 5.82 Å². The van der Waals surface area contributed by atoms with Crippen molar-refractivity contribution in [3.05, 3.63) is 57.7 Å². The van der Waals surface area contributed by atoms with E-state index >= 15 is 0 Å². The van der Waals surface area contributed by atoms with Crippen LogP contribution in [0.4, 0.5) is 0 Å². The number of hydrogen-bond acceptors (Lipinski definition) is 3. The first-order valence-electron chi connectivity index (χ1n) is 10.1. The summed E-state index contributed by atoms with van der Waals surface area (Å²) in [7, 11) is 0. The van der Waals surface area contributed by atoms with Crippen molar-refractivity contribution in [3.8, 4) is 0 Å². The molecular formula is C22H25BrN4. The summed E-state index contributed by atoms with van der Waals surface area (Å²) < 4.78 is 1.13. The third-order valence-electron chi connectivity index (χ3n) is 6.13. The van der Waals surface area contributed by atoms with Crippen LogP contribution in [0.25, 0.3) is 10.9 Å². The van der Waals surface area contributed by atoms with E-state index in [-0.39, 0.29) is 0 Å². The van der Waals surface area contributed by atoms with Gasteiger partial charge in [-0.15, -0.1) is 0 Å². The molecule has 1 aliphatic carbocycles. The molecule has 3 heterocycles. The molecule has 27 heavy (non-hydrogen) atoms. The lowest BCUT2D eigenvalue weighted by molar-refractivity contribution is 0.243. The predicted molar refractivity (Wildman–Crippen MR) is 112 cm³/mol. The smallest absolute Gasteiger partial charge is 0.131 e. The van der Waals surface area contributed by atoms with Gasteiger partial charge in [0.2, 0.25) is 0 Å². The van der Waals surface area contributed by atoms with Crippen molar-refractivity contribution in [1.29, 1.82) is 0 Å². The molecule has 0 bridgehead atoms. The summed E-state index contributed by atoms with van der Waals surface area (Å²) in [5.74, 6) is 1.69. The number of fused-ring (bicyclic) bond motifs is 2. The van der Waals surface area contributed by atoms with E-state index in [4.69, 9.17) is 9.97 Å². The average Bonchev–Trinajstić information content (AvgIpc) is 3.10. The van der Waals surface area contributed by atoms with Crippen molar-refractivity contribution >= 4 is 26.8 Å². The Kier molecular flexibility index (Phi) is 4.74. The second-order valence-corrected chi connectivity index (χ2v) is 8.92. The first-order chi connectivity index (χ1) is 13.3. The van der Waals surface area contributed by atoms with Crippen molar-refractivity contribution in [1.82, 2.24) is 19.9 Å². The molecule has 1 aromatic carbocycles. The highest BCUT2D eigenvalue weighted by Gasteiger charge is 2.23. The quantitative estimate of drug-likeness (QED) is 0.617. The van der Waals surface area contributed by atoms with Crippen LogP contribution in [-0.4, -0.2) is 26.4 Å². The average molecular weight is 425 g/mol. The Labute approximate surface area is 168 Å². The van der Waals surface area contributed by atoms with Crippen molar-refractivity contribution in [2.45, 2.75) is 57.5 Å². The second-order valence-electron chi connectivity index (χ2n) is 8.00. The number of nitrogens with zero attached hydrogens (tertiary/aromatic N) is 3. The van der Waals surface area contributed by atoms with E-state index in [0.717, 1.165) is 36.4 Å². The topological polar surface area (TPSA) is 44.8 Å². The van der Waals surface area contributed by atoms with Crippen LogP contribution < -0.4 is 0 Å². The lowest BCUT2D eigenvalue weighted by atomic mass is 9.88. The van der Waals surface area contributed by atoms with Crippen LogP contribution in [0.2, 0.25) is 0 Å². The van der Waals surface area contributed by atoms with Gasteiger partial charge < -0.3 is 4.98 Å². The van der Waals surface area contributed by atoms with Crippen LogP contribution >= 0.6 is 15.9 Å². The monoisotopic (exact) mass is 424 g/mol. The van der Waals surface area contributed by atoms with Gasteiger partial charge in [0.05, 0.1) is 0 Å². The van der Waals surface area contributed by atoms with Gasteiger partial charge >= 0.3 is 0 Å². The molecule has 2 aliphatic rings. The first kappa shape index (κ1) is 17.4. The lowest BCUT2D eigenvalue weighted by Gasteiger charge is -2.29. The maximum Gasteiger partial charge on any atom is 0.131 e. The van der Waals surface area contributed by atoms with Crippen molar-refractivity contribution in [2.75, 3.05) is 6.54 Å².